The van der Waals surface area contributed by atoms with Crippen LogP contribution < -0.4 is 10.1 Å². The minimum absolute atomic E-state index is 0.0390. The Hall–Kier alpha value is -1.86. The summed E-state index contributed by atoms with van der Waals surface area (Å²) >= 11 is 5.88. The number of aliphatic hydroxyl groups excluding tert-OH is 1. The topological polar surface area (TPSA) is 95.9 Å². The third-order valence-electron chi connectivity index (χ3n) is 3.79. The van der Waals surface area contributed by atoms with Gasteiger partial charge in [-0.2, -0.15) is 0 Å². The molecule has 0 saturated carbocycles. The number of carboxylic acid groups (broad SMARTS) is 1. The van der Waals surface area contributed by atoms with Crippen LogP contribution in [-0.2, 0) is 9.59 Å². The van der Waals surface area contributed by atoms with Crippen molar-refractivity contribution in [1.29, 1.82) is 0 Å². The van der Waals surface area contributed by atoms with Crippen molar-refractivity contribution in [1.82, 2.24) is 5.32 Å². The Morgan fingerprint density at radius 3 is 2.78 bits per heavy atom. The fourth-order valence-corrected chi connectivity index (χ4v) is 2.99. The quantitative estimate of drug-likeness (QED) is 0.708. The molecule has 1 heterocycles. The van der Waals surface area contributed by atoms with E-state index in [0.29, 0.717) is 0 Å². The second kappa shape index (κ2) is 6.72. The highest BCUT2D eigenvalue weighted by atomic mass is 35.5. The molecule has 3 N–H and O–H groups in total. The molecule has 0 bridgehead atoms. The summed E-state index contributed by atoms with van der Waals surface area (Å²) in [7, 11) is 0. The number of ether oxygens (including phenoxy) is 1. The SMILES string of the molecule is CCOc1c([C@@H](C)O)cc(Cl)c(F)c1C1CNC(=O)C1C(=O)O. The van der Waals surface area contributed by atoms with E-state index < -0.39 is 35.6 Å². The number of aliphatic hydroxyl groups is 1. The van der Waals surface area contributed by atoms with E-state index in [0.717, 1.165) is 0 Å². The van der Waals surface area contributed by atoms with E-state index in [1.807, 2.05) is 0 Å². The largest absolute Gasteiger partial charge is 0.493 e. The van der Waals surface area contributed by atoms with E-state index >= 15 is 0 Å². The second-order valence-corrected chi connectivity index (χ2v) is 5.69. The van der Waals surface area contributed by atoms with E-state index in [1.165, 1.54) is 13.0 Å². The molecule has 1 aliphatic rings. The molecular formula is C15H17ClFNO5. The first-order chi connectivity index (χ1) is 10.8. The zero-order chi connectivity index (χ0) is 17.3. The maximum absolute atomic E-state index is 14.6. The number of carbonyl (C=O) groups excluding carboxylic acids is 1. The Morgan fingerprint density at radius 1 is 1.61 bits per heavy atom. The molecule has 0 radical (unpaired) electrons. The van der Waals surface area contributed by atoms with Crippen LogP contribution in [0.1, 0.15) is 37.0 Å². The van der Waals surface area contributed by atoms with Crippen LogP contribution in [0.25, 0.3) is 0 Å². The van der Waals surface area contributed by atoms with Crippen LogP contribution in [0.2, 0.25) is 5.02 Å². The molecule has 1 aliphatic heterocycles. The van der Waals surface area contributed by atoms with Crippen molar-refractivity contribution in [3.63, 3.8) is 0 Å². The highest BCUT2D eigenvalue weighted by Crippen LogP contribution is 2.43. The molecule has 8 heteroatoms. The molecule has 1 fully saturated rings. The predicted molar refractivity (Wildman–Crippen MR) is 80.1 cm³/mol. The first-order valence-corrected chi connectivity index (χ1v) is 7.50. The minimum Gasteiger partial charge on any atom is -0.493 e. The molecule has 0 aliphatic carbocycles. The summed E-state index contributed by atoms with van der Waals surface area (Å²) < 4.78 is 20.1. The molecule has 6 nitrogen and oxygen atoms in total. The van der Waals surface area contributed by atoms with Crippen molar-refractivity contribution in [3.05, 3.63) is 28.0 Å². The minimum atomic E-state index is -1.44. The Kier molecular flexibility index (Phi) is 5.11. The number of hydrogen-bond acceptors (Lipinski definition) is 4. The zero-order valence-corrected chi connectivity index (χ0v) is 13.4. The van der Waals surface area contributed by atoms with Gasteiger partial charge in [-0.3, -0.25) is 9.59 Å². The summed E-state index contributed by atoms with van der Waals surface area (Å²) in [6.45, 7) is 3.27. The van der Waals surface area contributed by atoms with Crippen molar-refractivity contribution in [2.24, 2.45) is 5.92 Å². The summed E-state index contributed by atoms with van der Waals surface area (Å²) in [5.74, 6) is -5.26. The number of halogens is 2. The van der Waals surface area contributed by atoms with Gasteiger partial charge in [-0.15, -0.1) is 0 Å². The third-order valence-corrected chi connectivity index (χ3v) is 4.07. The summed E-state index contributed by atoms with van der Waals surface area (Å²) in [6, 6.07) is 1.25. The number of carboxylic acids is 1. The fourth-order valence-electron chi connectivity index (χ4n) is 2.77. The number of aliphatic carboxylic acids is 1. The number of nitrogens with one attached hydrogen (secondary N) is 1. The van der Waals surface area contributed by atoms with E-state index in [4.69, 9.17) is 16.3 Å². The average Bonchev–Trinajstić information content (AvgIpc) is 2.84. The number of rotatable bonds is 5. The van der Waals surface area contributed by atoms with E-state index in [2.05, 4.69) is 5.32 Å². The van der Waals surface area contributed by atoms with Crippen molar-refractivity contribution in [2.45, 2.75) is 25.9 Å². The first kappa shape index (κ1) is 17.5. The van der Waals surface area contributed by atoms with Gasteiger partial charge in [-0.05, 0) is 19.9 Å². The van der Waals surface area contributed by atoms with Crippen LogP contribution in [0.15, 0.2) is 6.07 Å². The van der Waals surface area contributed by atoms with Gasteiger partial charge in [0, 0.05) is 23.6 Å². The maximum Gasteiger partial charge on any atom is 0.316 e. The fraction of sp³-hybridized carbons (Fsp3) is 0.467. The molecule has 1 aromatic rings. The molecule has 1 saturated heterocycles. The zero-order valence-electron chi connectivity index (χ0n) is 12.6. The Labute approximate surface area is 137 Å². The van der Waals surface area contributed by atoms with Gasteiger partial charge in [0.2, 0.25) is 5.91 Å². The van der Waals surface area contributed by atoms with Crippen LogP contribution in [-0.4, -0.2) is 35.2 Å². The van der Waals surface area contributed by atoms with Gasteiger partial charge in [0.15, 0.2) is 0 Å². The molecule has 0 spiro atoms. The van der Waals surface area contributed by atoms with Crippen LogP contribution in [0.5, 0.6) is 5.75 Å². The van der Waals surface area contributed by atoms with Crippen LogP contribution in [0.3, 0.4) is 0 Å². The van der Waals surface area contributed by atoms with Gasteiger partial charge in [-0.1, -0.05) is 11.6 Å². The summed E-state index contributed by atoms with van der Waals surface area (Å²) in [6.07, 6.45) is -0.998. The highest BCUT2D eigenvalue weighted by Gasteiger charge is 2.44. The number of carbonyl (C=O) groups is 2. The molecule has 126 valence electrons. The molecule has 2 unspecified atom stereocenters. The van der Waals surface area contributed by atoms with Gasteiger partial charge in [0.25, 0.3) is 0 Å². The van der Waals surface area contributed by atoms with Gasteiger partial charge >= 0.3 is 5.97 Å². The Morgan fingerprint density at radius 2 is 2.26 bits per heavy atom. The smallest absolute Gasteiger partial charge is 0.316 e. The van der Waals surface area contributed by atoms with E-state index in [1.54, 1.807) is 6.92 Å². The molecule has 1 aromatic carbocycles. The normalized spacial score (nSPS) is 21.9. The lowest BCUT2D eigenvalue weighted by Gasteiger charge is -2.23. The predicted octanol–water partition coefficient (Wildman–Crippen LogP) is 1.85. The lowest BCUT2D eigenvalue weighted by molar-refractivity contribution is -0.145. The van der Waals surface area contributed by atoms with E-state index in [-0.39, 0.29) is 35.1 Å². The standard InChI is InChI=1S/C15H17ClFNO5/c1-3-23-13-7(6(2)19)4-9(16)12(17)10(13)8-5-18-14(20)11(8)15(21)22/h4,6,8,11,19H,3,5H2,1-2H3,(H,18,20)(H,21,22)/t6-,8?,11?/m1/s1. The molecule has 1 amide bonds. The lowest BCUT2D eigenvalue weighted by atomic mass is 9.86. The first-order valence-electron chi connectivity index (χ1n) is 7.12. The Balaban J connectivity index is 2.69. The summed E-state index contributed by atoms with van der Waals surface area (Å²) in [5.41, 5.74) is 0.151. The Bertz CT molecular complexity index is 649. The molecule has 23 heavy (non-hydrogen) atoms. The van der Waals surface area contributed by atoms with Gasteiger partial charge in [0.05, 0.1) is 17.7 Å². The molecular weight excluding hydrogens is 329 g/mol. The monoisotopic (exact) mass is 345 g/mol. The maximum atomic E-state index is 14.6. The van der Waals surface area contributed by atoms with Crippen LogP contribution in [0.4, 0.5) is 4.39 Å². The number of amides is 1. The number of hydrogen-bond donors (Lipinski definition) is 3. The van der Waals surface area contributed by atoms with Crippen molar-refractivity contribution in [2.75, 3.05) is 13.2 Å². The molecule has 0 aromatic heterocycles. The van der Waals surface area contributed by atoms with Crippen LogP contribution >= 0.6 is 11.6 Å². The van der Waals surface area contributed by atoms with Gasteiger partial charge in [0.1, 0.15) is 17.5 Å². The van der Waals surface area contributed by atoms with E-state index in [9.17, 15) is 24.2 Å². The van der Waals surface area contributed by atoms with Crippen molar-refractivity contribution < 1.29 is 28.9 Å². The summed E-state index contributed by atoms with van der Waals surface area (Å²) in [4.78, 5) is 23.1. The lowest BCUT2D eigenvalue weighted by Crippen LogP contribution is -2.27. The van der Waals surface area contributed by atoms with Crippen molar-refractivity contribution in [3.8, 4) is 5.75 Å². The highest BCUT2D eigenvalue weighted by molar-refractivity contribution is 6.31. The van der Waals surface area contributed by atoms with Gasteiger partial charge in [-0.25, -0.2) is 4.39 Å². The molecule has 2 rings (SSSR count). The average molecular weight is 346 g/mol. The summed E-state index contributed by atoms with van der Waals surface area (Å²) in [5, 5.41) is 21.3. The van der Waals surface area contributed by atoms with Crippen molar-refractivity contribution >= 4 is 23.5 Å². The second-order valence-electron chi connectivity index (χ2n) is 5.28. The molecule has 3 atom stereocenters. The number of benzene rings is 1. The third kappa shape index (κ3) is 3.11. The van der Waals surface area contributed by atoms with Gasteiger partial charge < -0.3 is 20.3 Å². The van der Waals surface area contributed by atoms with Crippen LogP contribution in [0, 0.1) is 11.7 Å².